The number of rotatable bonds is 5. The minimum Gasteiger partial charge on any atom is -0.489 e. The van der Waals surface area contributed by atoms with Gasteiger partial charge in [-0.3, -0.25) is 14.6 Å². The average molecular weight is 272 g/mol. The fraction of sp³-hybridized carbons (Fsp3) is 0.200. The van der Waals surface area contributed by atoms with Gasteiger partial charge in [-0.05, 0) is 24.3 Å². The Hall–Kier alpha value is -2.40. The molecular formula is C15H16N2O3. The van der Waals surface area contributed by atoms with E-state index in [9.17, 15) is 4.79 Å². The van der Waals surface area contributed by atoms with Crippen LogP contribution in [-0.4, -0.2) is 30.1 Å². The fourth-order valence-corrected chi connectivity index (χ4v) is 1.63. The number of aromatic nitrogens is 1. The van der Waals surface area contributed by atoms with E-state index in [0.717, 1.165) is 5.56 Å². The smallest absolute Gasteiger partial charge is 0.277 e. The molecule has 0 atom stereocenters. The van der Waals surface area contributed by atoms with E-state index in [0.29, 0.717) is 17.9 Å². The van der Waals surface area contributed by atoms with Gasteiger partial charge in [-0.25, -0.2) is 5.06 Å². The van der Waals surface area contributed by atoms with Crippen molar-refractivity contribution >= 4 is 5.91 Å². The summed E-state index contributed by atoms with van der Waals surface area (Å²) in [6, 6.07) is 10.8. The number of nitrogens with zero attached hydrogens (tertiary/aromatic N) is 2. The number of hydroxylamine groups is 2. The Labute approximate surface area is 117 Å². The lowest BCUT2D eigenvalue weighted by molar-refractivity contribution is -0.0757. The molecule has 0 radical (unpaired) electrons. The molecule has 0 fully saturated rings. The highest BCUT2D eigenvalue weighted by molar-refractivity contribution is 5.93. The maximum atomic E-state index is 11.9. The molecule has 0 bridgehead atoms. The van der Waals surface area contributed by atoms with E-state index in [2.05, 4.69) is 4.98 Å². The molecular weight excluding hydrogens is 256 g/mol. The summed E-state index contributed by atoms with van der Waals surface area (Å²) in [7, 11) is 3.01. The minimum atomic E-state index is -0.223. The maximum absolute atomic E-state index is 11.9. The van der Waals surface area contributed by atoms with Crippen molar-refractivity contribution in [3.63, 3.8) is 0 Å². The number of pyridine rings is 1. The van der Waals surface area contributed by atoms with E-state index >= 15 is 0 Å². The van der Waals surface area contributed by atoms with Crippen LogP contribution in [-0.2, 0) is 11.4 Å². The number of benzene rings is 1. The second kappa shape index (κ2) is 6.68. The van der Waals surface area contributed by atoms with Crippen molar-refractivity contribution in [2.45, 2.75) is 6.61 Å². The molecule has 5 heteroatoms. The van der Waals surface area contributed by atoms with Gasteiger partial charge >= 0.3 is 0 Å². The highest BCUT2D eigenvalue weighted by atomic mass is 16.7. The molecule has 2 aromatic rings. The van der Waals surface area contributed by atoms with Crippen LogP contribution in [0.15, 0.2) is 48.8 Å². The van der Waals surface area contributed by atoms with E-state index in [1.807, 2.05) is 12.1 Å². The molecule has 0 unspecified atom stereocenters. The van der Waals surface area contributed by atoms with Crippen molar-refractivity contribution in [2.75, 3.05) is 14.2 Å². The molecule has 0 aliphatic carbocycles. The van der Waals surface area contributed by atoms with Gasteiger partial charge < -0.3 is 4.74 Å². The fourth-order valence-electron chi connectivity index (χ4n) is 1.63. The molecule has 2 rings (SSSR count). The summed E-state index contributed by atoms with van der Waals surface area (Å²) in [5.74, 6) is 0.406. The lowest BCUT2D eigenvalue weighted by atomic mass is 10.2. The molecule has 0 spiro atoms. The molecule has 0 N–H and O–H groups in total. The van der Waals surface area contributed by atoms with Gasteiger partial charge in [0.1, 0.15) is 12.4 Å². The first kappa shape index (κ1) is 14.0. The highest BCUT2D eigenvalue weighted by Gasteiger charge is 2.11. The molecule has 5 nitrogen and oxygen atoms in total. The standard InChI is InChI=1S/C15H16N2O3/c1-17(19-2)15(18)13-6-3-7-14(9-13)20-11-12-5-4-8-16-10-12/h3-10H,11H2,1-2H3. The predicted molar refractivity (Wildman–Crippen MR) is 74.1 cm³/mol. The van der Waals surface area contributed by atoms with Gasteiger partial charge in [-0.15, -0.1) is 0 Å². The summed E-state index contributed by atoms with van der Waals surface area (Å²) < 4.78 is 5.64. The Morgan fingerprint density at radius 3 is 2.85 bits per heavy atom. The number of carbonyl (C=O) groups is 1. The number of hydrogen-bond donors (Lipinski definition) is 0. The van der Waals surface area contributed by atoms with Gasteiger partial charge in [-0.1, -0.05) is 12.1 Å². The van der Waals surface area contributed by atoms with Gasteiger partial charge in [0.25, 0.3) is 5.91 Å². The second-order valence-corrected chi connectivity index (χ2v) is 4.16. The van der Waals surface area contributed by atoms with E-state index in [-0.39, 0.29) is 5.91 Å². The molecule has 104 valence electrons. The van der Waals surface area contributed by atoms with Crippen molar-refractivity contribution < 1.29 is 14.4 Å². The number of hydrogen-bond acceptors (Lipinski definition) is 4. The molecule has 0 saturated heterocycles. The quantitative estimate of drug-likeness (QED) is 0.784. The van der Waals surface area contributed by atoms with Crippen LogP contribution >= 0.6 is 0 Å². The first-order valence-corrected chi connectivity index (χ1v) is 6.14. The monoisotopic (exact) mass is 272 g/mol. The first-order valence-electron chi connectivity index (χ1n) is 6.14. The van der Waals surface area contributed by atoms with Gasteiger partial charge in [0.2, 0.25) is 0 Å². The Balaban J connectivity index is 2.05. The van der Waals surface area contributed by atoms with Crippen LogP contribution in [0.3, 0.4) is 0 Å². The summed E-state index contributed by atoms with van der Waals surface area (Å²) in [5, 5.41) is 1.17. The van der Waals surface area contributed by atoms with Crippen LogP contribution in [0.5, 0.6) is 5.75 Å². The van der Waals surface area contributed by atoms with Gasteiger partial charge in [0, 0.05) is 30.6 Å². The van der Waals surface area contributed by atoms with Crippen LogP contribution in [0.4, 0.5) is 0 Å². The van der Waals surface area contributed by atoms with Gasteiger partial charge in [0.05, 0.1) is 7.11 Å². The maximum Gasteiger partial charge on any atom is 0.277 e. The molecule has 1 heterocycles. The van der Waals surface area contributed by atoms with Crippen molar-refractivity contribution in [3.8, 4) is 5.75 Å². The van der Waals surface area contributed by atoms with Crippen LogP contribution in [0.2, 0.25) is 0 Å². The molecule has 20 heavy (non-hydrogen) atoms. The predicted octanol–water partition coefficient (Wildman–Crippen LogP) is 2.29. The zero-order valence-corrected chi connectivity index (χ0v) is 11.4. The molecule has 1 aromatic heterocycles. The SMILES string of the molecule is CON(C)C(=O)c1cccc(OCc2cccnc2)c1. The summed E-state index contributed by atoms with van der Waals surface area (Å²) in [6.07, 6.45) is 3.46. The second-order valence-electron chi connectivity index (χ2n) is 4.16. The largest absolute Gasteiger partial charge is 0.489 e. The summed E-state index contributed by atoms with van der Waals surface area (Å²) >= 11 is 0. The number of carbonyl (C=O) groups excluding carboxylic acids is 1. The number of ether oxygens (including phenoxy) is 1. The Kier molecular flexibility index (Phi) is 4.68. The van der Waals surface area contributed by atoms with Crippen LogP contribution in [0.25, 0.3) is 0 Å². The third-order valence-corrected chi connectivity index (χ3v) is 2.77. The van der Waals surface area contributed by atoms with E-state index < -0.39 is 0 Å². The topological polar surface area (TPSA) is 51.7 Å². The zero-order chi connectivity index (χ0) is 14.4. The lowest BCUT2D eigenvalue weighted by Crippen LogP contribution is -2.25. The highest BCUT2D eigenvalue weighted by Crippen LogP contribution is 2.16. The van der Waals surface area contributed by atoms with Crippen LogP contribution in [0, 0.1) is 0 Å². The van der Waals surface area contributed by atoms with Crippen molar-refractivity contribution in [1.29, 1.82) is 0 Å². The van der Waals surface area contributed by atoms with Crippen LogP contribution < -0.4 is 4.74 Å². The van der Waals surface area contributed by atoms with Crippen molar-refractivity contribution in [1.82, 2.24) is 10.0 Å². The third kappa shape index (κ3) is 3.55. The normalized spacial score (nSPS) is 10.1. The van der Waals surface area contributed by atoms with Crippen LogP contribution in [0.1, 0.15) is 15.9 Å². The van der Waals surface area contributed by atoms with Crippen molar-refractivity contribution in [3.05, 3.63) is 59.9 Å². The molecule has 0 saturated carbocycles. The van der Waals surface area contributed by atoms with Gasteiger partial charge in [0.15, 0.2) is 0 Å². The Morgan fingerprint density at radius 1 is 1.30 bits per heavy atom. The van der Waals surface area contributed by atoms with E-state index in [1.165, 1.54) is 12.2 Å². The molecule has 0 aliphatic rings. The Bertz CT molecular complexity index is 572. The zero-order valence-electron chi connectivity index (χ0n) is 11.4. The first-order chi connectivity index (χ1) is 9.70. The van der Waals surface area contributed by atoms with Gasteiger partial charge in [-0.2, -0.15) is 0 Å². The average Bonchev–Trinajstić information content (AvgIpc) is 2.52. The molecule has 1 aromatic carbocycles. The molecule has 1 amide bonds. The lowest BCUT2D eigenvalue weighted by Gasteiger charge is -2.14. The summed E-state index contributed by atoms with van der Waals surface area (Å²) in [5.41, 5.74) is 1.48. The van der Waals surface area contributed by atoms with E-state index in [1.54, 1.807) is 43.7 Å². The molecule has 0 aliphatic heterocycles. The number of amides is 1. The van der Waals surface area contributed by atoms with Crippen molar-refractivity contribution in [2.24, 2.45) is 0 Å². The summed E-state index contributed by atoms with van der Waals surface area (Å²) in [6.45, 7) is 0.408. The minimum absolute atomic E-state index is 0.223. The third-order valence-electron chi connectivity index (χ3n) is 2.77. The summed E-state index contributed by atoms with van der Waals surface area (Å²) in [4.78, 5) is 20.8. The Morgan fingerprint density at radius 2 is 2.15 bits per heavy atom. The van der Waals surface area contributed by atoms with E-state index in [4.69, 9.17) is 9.57 Å².